The fraction of sp³-hybridized carbons (Fsp3) is 0.533. The van der Waals surface area contributed by atoms with Gasteiger partial charge in [0.05, 0.1) is 0 Å². The van der Waals surface area contributed by atoms with Crippen molar-refractivity contribution < 1.29 is 4.79 Å². The Kier molecular flexibility index (Phi) is 4.02. The Morgan fingerprint density at radius 3 is 2.72 bits per heavy atom. The van der Waals surface area contributed by atoms with Gasteiger partial charge in [-0.2, -0.15) is 0 Å². The zero-order valence-corrected chi connectivity index (χ0v) is 11.5. The summed E-state index contributed by atoms with van der Waals surface area (Å²) in [6, 6.07) is 8.40. The highest BCUT2D eigenvalue weighted by atomic mass is 16.1. The Bertz CT molecular complexity index is 430. The average molecular weight is 246 g/mol. The second kappa shape index (κ2) is 5.53. The van der Waals surface area contributed by atoms with Gasteiger partial charge in [-0.15, -0.1) is 0 Å². The minimum atomic E-state index is 0.149. The molecule has 1 aliphatic rings. The van der Waals surface area contributed by atoms with Gasteiger partial charge in [-0.1, -0.05) is 12.1 Å². The standard InChI is InChI=1S/C15H22N2O/c1-12-11-16(3)9-6-10-17(12)15-8-5-4-7-14(15)13(2)18/h4-5,7-8,12H,6,9-11H2,1-3H3. The van der Waals surface area contributed by atoms with Crippen molar-refractivity contribution in [3.05, 3.63) is 29.8 Å². The molecule has 98 valence electrons. The van der Waals surface area contributed by atoms with Crippen molar-refractivity contribution in [3.8, 4) is 0 Å². The molecule has 3 nitrogen and oxygen atoms in total. The van der Waals surface area contributed by atoms with Gasteiger partial charge in [0.15, 0.2) is 5.78 Å². The fourth-order valence-corrected chi connectivity index (χ4v) is 2.75. The van der Waals surface area contributed by atoms with Crippen LogP contribution in [0, 0.1) is 0 Å². The number of para-hydroxylation sites is 1. The molecule has 0 aliphatic carbocycles. The van der Waals surface area contributed by atoms with Crippen LogP contribution in [0.3, 0.4) is 0 Å². The first kappa shape index (κ1) is 13.1. The van der Waals surface area contributed by atoms with Crippen molar-refractivity contribution in [2.75, 3.05) is 31.6 Å². The molecule has 1 saturated heterocycles. The van der Waals surface area contributed by atoms with E-state index in [-0.39, 0.29) is 5.78 Å². The van der Waals surface area contributed by atoms with E-state index in [9.17, 15) is 4.79 Å². The van der Waals surface area contributed by atoms with E-state index in [1.807, 2.05) is 18.2 Å². The molecular weight excluding hydrogens is 224 g/mol. The summed E-state index contributed by atoms with van der Waals surface area (Å²) < 4.78 is 0. The summed E-state index contributed by atoms with van der Waals surface area (Å²) in [6.07, 6.45) is 1.15. The first-order chi connectivity index (χ1) is 8.59. The molecule has 1 atom stereocenters. The molecule has 0 saturated carbocycles. The van der Waals surface area contributed by atoms with E-state index in [4.69, 9.17) is 0 Å². The van der Waals surface area contributed by atoms with Crippen molar-refractivity contribution in [2.45, 2.75) is 26.3 Å². The monoisotopic (exact) mass is 246 g/mol. The summed E-state index contributed by atoms with van der Waals surface area (Å²) >= 11 is 0. The topological polar surface area (TPSA) is 23.6 Å². The van der Waals surface area contributed by atoms with Gasteiger partial charge in [-0.25, -0.2) is 0 Å². The first-order valence-corrected chi connectivity index (χ1v) is 6.64. The summed E-state index contributed by atoms with van der Waals surface area (Å²) in [5.74, 6) is 0.149. The van der Waals surface area contributed by atoms with Crippen LogP contribution in [-0.4, -0.2) is 43.4 Å². The van der Waals surface area contributed by atoms with Crippen molar-refractivity contribution in [3.63, 3.8) is 0 Å². The Morgan fingerprint density at radius 2 is 2.00 bits per heavy atom. The van der Waals surface area contributed by atoms with Gasteiger partial charge >= 0.3 is 0 Å². The summed E-state index contributed by atoms with van der Waals surface area (Å²) in [6.45, 7) is 7.08. The van der Waals surface area contributed by atoms with E-state index in [0.29, 0.717) is 6.04 Å². The molecule has 1 fully saturated rings. The molecule has 0 spiro atoms. The minimum absolute atomic E-state index is 0.149. The van der Waals surface area contributed by atoms with Gasteiger partial charge in [0.2, 0.25) is 0 Å². The zero-order valence-electron chi connectivity index (χ0n) is 11.5. The van der Waals surface area contributed by atoms with E-state index in [0.717, 1.165) is 37.3 Å². The Hall–Kier alpha value is -1.35. The van der Waals surface area contributed by atoms with Crippen LogP contribution in [0.15, 0.2) is 24.3 Å². The molecule has 1 aliphatic heterocycles. The highest BCUT2D eigenvalue weighted by Gasteiger charge is 2.22. The fourth-order valence-electron chi connectivity index (χ4n) is 2.75. The minimum Gasteiger partial charge on any atom is -0.367 e. The Morgan fingerprint density at radius 1 is 1.28 bits per heavy atom. The van der Waals surface area contributed by atoms with Crippen LogP contribution in [0.2, 0.25) is 0 Å². The highest BCUT2D eigenvalue weighted by Crippen LogP contribution is 2.24. The lowest BCUT2D eigenvalue weighted by molar-refractivity contribution is 0.101. The van der Waals surface area contributed by atoms with Gasteiger partial charge in [0.25, 0.3) is 0 Å². The third-order valence-electron chi connectivity index (χ3n) is 3.64. The maximum absolute atomic E-state index is 11.7. The number of likely N-dealkylation sites (N-methyl/N-ethyl adjacent to an activating group) is 1. The van der Waals surface area contributed by atoms with Gasteiger partial charge < -0.3 is 9.80 Å². The Balaban J connectivity index is 2.32. The van der Waals surface area contributed by atoms with E-state index >= 15 is 0 Å². The van der Waals surface area contributed by atoms with E-state index in [1.165, 1.54) is 0 Å². The summed E-state index contributed by atoms with van der Waals surface area (Å²) in [4.78, 5) is 16.5. The van der Waals surface area contributed by atoms with Gasteiger partial charge in [0, 0.05) is 30.4 Å². The predicted molar refractivity (Wildman–Crippen MR) is 75.4 cm³/mol. The van der Waals surface area contributed by atoms with Crippen molar-refractivity contribution in [2.24, 2.45) is 0 Å². The molecular formula is C15H22N2O. The number of hydrogen-bond acceptors (Lipinski definition) is 3. The number of Topliss-reactive ketones (excluding diaryl/α,β-unsaturated/α-hetero) is 1. The van der Waals surface area contributed by atoms with E-state index in [1.54, 1.807) is 6.92 Å². The highest BCUT2D eigenvalue weighted by molar-refractivity contribution is 5.99. The van der Waals surface area contributed by atoms with Crippen LogP contribution >= 0.6 is 0 Å². The molecule has 1 aromatic rings. The van der Waals surface area contributed by atoms with Crippen LogP contribution in [-0.2, 0) is 0 Å². The lowest BCUT2D eigenvalue weighted by Crippen LogP contribution is -2.38. The molecule has 0 amide bonds. The predicted octanol–water partition coefficient (Wildman–Crippen LogP) is 2.42. The van der Waals surface area contributed by atoms with Gasteiger partial charge in [-0.05, 0) is 46.0 Å². The third-order valence-corrected chi connectivity index (χ3v) is 3.64. The molecule has 0 radical (unpaired) electrons. The van der Waals surface area contributed by atoms with Crippen molar-refractivity contribution in [1.82, 2.24) is 4.90 Å². The van der Waals surface area contributed by atoms with Crippen LogP contribution in [0.25, 0.3) is 0 Å². The lowest BCUT2D eigenvalue weighted by Gasteiger charge is -2.31. The molecule has 0 aromatic heterocycles. The SMILES string of the molecule is CC(=O)c1ccccc1N1CCCN(C)CC1C. The molecule has 1 aromatic carbocycles. The van der Waals surface area contributed by atoms with Gasteiger partial charge in [-0.3, -0.25) is 4.79 Å². The molecule has 0 N–H and O–H groups in total. The number of hydrogen-bond donors (Lipinski definition) is 0. The Labute approximate surface area is 109 Å². The third kappa shape index (κ3) is 2.72. The average Bonchev–Trinajstić information content (AvgIpc) is 2.50. The number of nitrogens with zero attached hydrogens (tertiary/aromatic N) is 2. The van der Waals surface area contributed by atoms with Crippen molar-refractivity contribution >= 4 is 11.5 Å². The second-order valence-electron chi connectivity index (χ2n) is 5.23. The number of rotatable bonds is 2. The normalized spacial score (nSPS) is 21.7. The number of carbonyl (C=O) groups excluding carboxylic acids is 1. The number of ketones is 1. The first-order valence-electron chi connectivity index (χ1n) is 6.64. The molecule has 0 bridgehead atoms. The molecule has 3 heteroatoms. The van der Waals surface area contributed by atoms with Crippen LogP contribution in [0.4, 0.5) is 5.69 Å². The number of benzene rings is 1. The van der Waals surface area contributed by atoms with E-state index < -0.39 is 0 Å². The molecule has 18 heavy (non-hydrogen) atoms. The van der Waals surface area contributed by atoms with Crippen LogP contribution < -0.4 is 4.90 Å². The van der Waals surface area contributed by atoms with Crippen molar-refractivity contribution in [1.29, 1.82) is 0 Å². The summed E-state index contributed by atoms with van der Waals surface area (Å²) in [5, 5.41) is 0. The van der Waals surface area contributed by atoms with Gasteiger partial charge in [0.1, 0.15) is 0 Å². The quantitative estimate of drug-likeness (QED) is 0.749. The number of carbonyl (C=O) groups is 1. The lowest BCUT2D eigenvalue weighted by atomic mass is 10.1. The summed E-state index contributed by atoms with van der Waals surface area (Å²) in [7, 11) is 2.16. The molecule has 2 rings (SSSR count). The number of anilines is 1. The second-order valence-corrected chi connectivity index (χ2v) is 5.23. The maximum Gasteiger partial charge on any atom is 0.161 e. The van der Waals surface area contributed by atoms with E-state index in [2.05, 4.69) is 29.8 Å². The van der Waals surface area contributed by atoms with Crippen LogP contribution in [0.1, 0.15) is 30.6 Å². The molecule has 1 heterocycles. The zero-order chi connectivity index (χ0) is 13.1. The smallest absolute Gasteiger partial charge is 0.161 e. The largest absolute Gasteiger partial charge is 0.367 e. The summed E-state index contributed by atoms with van der Waals surface area (Å²) in [5.41, 5.74) is 1.93. The maximum atomic E-state index is 11.7. The molecule has 1 unspecified atom stereocenters. The van der Waals surface area contributed by atoms with Crippen LogP contribution in [0.5, 0.6) is 0 Å².